The lowest BCUT2D eigenvalue weighted by Gasteiger charge is -2.15. The Bertz CT molecular complexity index is 740. The number of hydrogen-bond acceptors (Lipinski definition) is 5. The predicted octanol–water partition coefficient (Wildman–Crippen LogP) is 5.36. The van der Waals surface area contributed by atoms with Gasteiger partial charge in [-0.15, -0.1) is 12.6 Å². The normalized spacial score (nSPS) is 10.3. The van der Waals surface area contributed by atoms with E-state index < -0.39 is 0 Å². The summed E-state index contributed by atoms with van der Waals surface area (Å²) in [5.41, 5.74) is 4.21. The van der Waals surface area contributed by atoms with Crippen LogP contribution in [0.4, 0.5) is 0 Å². The van der Waals surface area contributed by atoms with Crippen LogP contribution in [0.25, 0.3) is 0 Å². The van der Waals surface area contributed by atoms with Gasteiger partial charge in [0.2, 0.25) is 0 Å². The molecule has 0 fully saturated rings. The minimum Gasteiger partial charge on any atom is -0.507 e. The first-order chi connectivity index (χ1) is 12.1. The summed E-state index contributed by atoms with van der Waals surface area (Å²) in [5, 5.41) is 29.1. The van der Waals surface area contributed by atoms with Gasteiger partial charge in [-0.1, -0.05) is 13.3 Å². The highest BCUT2D eigenvalue weighted by Crippen LogP contribution is 2.36. The molecule has 0 radical (unpaired) electrons. The van der Waals surface area contributed by atoms with Gasteiger partial charge in [-0.3, -0.25) is 0 Å². The molecular weight excluding hydrogens is 348 g/mol. The Balaban J connectivity index is 0.000000273. The van der Waals surface area contributed by atoms with Crippen LogP contribution in [0.2, 0.25) is 0 Å². The molecule has 0 heterocycles. The SMILES string of the molecule is CCCCc1c(C)c(O)c(C)c(C)c1O.COc1cc(S)c(O)cc1C. The topological polar surface area (TPSA) is 69.9 Å². The molecule has 0 aromatic heterocycles. The number of phenolic OH excluding ortho intramolecular Hbond substituents is 3. The van der Waals surface area contributed by atoms with Crippen molar-refractivity contribution in [2.75, 3.05) is 7.11 Å². The summed E-state index contributed by atoms with van der Waals surface area (Å²) in [5.74, 6) is 1.62. The predicted molar refractivity (Wildman–Crippen MR) is 109 cm³/mol. The minimum absolute atomic E-state index is 0.187. The van der Waals surface area contributed by atoms with E-state index in [9.17, 15) is 15.3 Å². The number of aromatic hydroxyl groups is 3. The summed E-state index contributed by atoms with van der Waals surface area (Å²) in [4.78, 5) is 0.535. The second kappa shape index (κ2) is 9.62. The maximum Gasteiger partial charge on any atom is 0.129 e. The van der Waals surface area contributed by atoms with Gasteiger partial charge in [-0.25, -0.2) is 0 Å². The van der Waals surface area contributed by atoms with Crippen molar-refractivity contribution in [1.29, 1.82) is 0 Å². The molecule has 0 saturated heterocycles. The lowest BCUT2D eigenvalue weighted by Crippen LogP contribution is -1.96. The van der Waals surface area contributed by atoms with Crippen molar-refractivity contribution in [1.82, 2.24) is 0 Å². The third-order valence-electron chi connectivity index (χ3n) is 4.64. The number of hydrogen-bond donors (Lipinski definition) is 4. The Labute approximate surface area is 161 Å². The van der Waals surface area contributed by atoms with Crippen LogP contribution >= 0.6 is 12.6 Å². The van der Waals surface area contributed by atoms with Crippen LogP contribution in [0.5, 0.6) is 23.0 Å². The molecule has 144 valence electrons. The third kappa shape index (κ3) is 5.01. The van der Waals surface area contributed by atoms with Crippen LogP contribution in [0.15, 0.2) is 17.0 Å². The molecule has 0 aliphatic rings. The van der Waals surface area contributed by atoms with Crippen molar-refractivity contribution in [2.24, 2.45) is 0 Å². The standard InChI is InChI=1S/C13H20O2.C8H10O2S/c1-5-6-7-11-10(4)12(14)8(2)9(3)13(11)15;1-5-3-6(9)8(11)4-7(5)10-2/h14-15H,5-7H2,1-4H3;3-4,9,11H,1-2H3. The van der Waals surface area contributed by atoms with Crippen molar-refractivity contribution in [3.63, 3.8) is 0 Å². The van der Waals surface area contributed by atoms with Crippen molar-refractivity contribution in [3.8, 4) is 23.0 Å². The Morgan fingerprint density at radius 2 is 1.50 bits per heavy atom. The maximum absolute atomic E-state index is 10.00. The summed E-state index contributed by atoms with van der Waals surface area (Å²) in [6.45, 7) is 9.53. The number of phenols is 3. The quantitative estimate of drug-likeness (QED) is 0.427. The summed E-state index contributed by atoms with van der Waals surface area (Å²) in [7, 11) is 1.59. The first-order valence-corrected chi connectivity index (χ1v) is 9.17. The smallest absolute Gasteiger partial charge is 0.129 e. The van der Waals surface area contributed by atoms with E-state index in [0.717, 1.165) is 52.8 Å². The second-order valence-electron chi connectivity index (χ2n) is 6.46. The Kier molecular flexibility index (Phi) is 8.15. The summed E-state index contributed by atoms with van der Waals surface area (Å²) in [6.07, 6.45) is 2.96. The van der Waals surface area contributed by atoms with E-state index in [1.54, 1.807) is 19.2 Å². The van der Waals surface area contributed by atoms with Crippen molar-refractivity contribution >= 4 is 12.6 Å². The largest absolute Gasteiger partial charge is 0.507 e. The van der Waals surface area contributed by atoms with Crippen LogP contribution in [-0.4, -0.2) is 22.4 Å². The first kappa shape index (κ1) is 22.0. The van der Waals surface area contributed by atoms with E-state index in [1.165, 1.54) is 0 Å². The molecule has 0 unspecified atom stereocenters. The molecule has 0 aliphatic carbocycles. The zero-order valence-corrected chi connectivity index (χ0v) is 17.4. The zero-order valence-electron chi connectivity index (χ0n) is 16.5. The zero-order chi connectivity index (χ0) is 20.0. The van der Waals surface area contributed by atoms with Crippen LogP contribution in [0.1, 0.15) is 47.6 Å². The van der Waals surface area contributed by atoms with E-state index in [-0.39, 0.29) is 5.75 Å². The second-order valence-corrected chi connectivity index (χ2v) is 6.95. The summed E-state index contributed by atoms with van der Waals surface area (Å²) >= 11 is 4.04. The van der Waals surface area contributed by atoms with E-state index in [1.807, 2.05) is 27.7 Å². The van der Waals surface area contributed by atoms with Gasteiger partial charge in [0.05, 0.1) is 7.11 Å². The molecule has 3 N–H and O–H groups in total. The molecule has 0 atom stereocenters. The van der Waals surface area contributed by atoms with Crippen LogP contribution in [0, 0.1) is 27.7 Å². The summed E-state index contributed by atoms with van der Waals surface area (Å²) in [6, 6.07) is 3.31. The van der Waals surface area contributed by atoms with Gasteiger partial charge < -0.3 is 20.1 Å². The third-order valence-corrected chi connectivity index (χ3v) is 5.00. The molecule has 2 aromatic carbocycles. The van der Waals surface area contributed by atoms with Crippen LogP contribution in [0.3, 0.4) is 0 Å². The van der Waals surface area contributed by atoms with Gasteiger partial charge in [0.25, 0.3) is 0 Å². The molecule has 5 heteroatoms. The van der Waals surface area contributed by atoms with Crippen LogP contribution < -0.4 is 4.74 Å². The highest BCUT2D eigenvalue weighted by atomic mass is 32.1. The first-order valence-electron chi connectivity index (χ1n) is 8.72. The molecule has 0 spiro atoms. The fourth-order valence-electron chi connectivity index (χ4n) is 2.72. The summed E-state index contributed by atoms with van der Waals surface area (Å²) < 4.78 is 5.02. The van der Waals surface area contributed by atoms with Crippen molar-refractivity contribution in [2.45, 2.75) is 58.8 Å². The highest BCUT2D eigenvalue weighted by Gasteiger charge is 2.15. The highest BCUT2D eigenvalue weighted by molar-refractivity contribution is 7.80. The number of rotatable bonds is 4. The number of benzene rings is 2. The van der Waals surface area contributed by atoms with E-state index in [0.29, 0.717) is 16.4 Å². The molecule has 0 saturated carbocycles. The molecular formula is C21H30O4S. The van der Waals surface area contributed by atoms with Crippen molar-refractivity contribution < 1.29 is 20.1 Å². The number of methoxy groups -OCH3 is 1. The average molecular weight is 379 g/mol. The van der Waals surface area contributed by atoms with E-state index in [4.69, 9.17) is 4.74 Å². The molecule has 2 aromatic rings. The molecule has 0 bridgehead atoms. The van der Waals surface area contributed by atoms with E-state index >= 15 is 0 Å². The number of aryl methyl sites for hydroxylation is 1. The van der Waals surface area contributed by atoms with Gasteiger partial charge in [-0.2, -0.15) is 0 Å². The fourth-order valence-corrected chi connectivity index (χ4v) is 2.91. The van der Waals surface area contributed by atoms with E-state index in [2.05, 4.69) is 19.6 Å². The number of unbranched alkanes of at least 4 members (excludes halogenated alkanes) is 1. The van der Waals surface area contributed by atoms with Gasteiger partial charge in [0, 0.05) is 10.5 Å². The minimum atomic E-state index is 0.187. The Morgan fingerprint density at radius 3 is 2.04 bits per heavy atom. The monoisotopic (exact) mass is 378 g/mol. The lowest BCUT2D eigenvalue weighted by atomic mass is 9.94. The maximum atomic E-state index is 10.00. The Hall–Kier alpha value is -2.01. The van der Waals surface area contributed by atoms with Crippen molar-refractivity contribution in [3.05, 3.63) is 39.9 Å². The van der Waals surface area contributed by atoms with Gasteiger partial charge >= 0.3 is 0 Å². The molecule has 0 amide bonds. The van der Waals surface area contributed by atoms with Gasteiger partial charge in [0.1, 0.15) is 23.0 Å². The average Bonchev–Trinajstić information content (AvgIpc) is 2.62. The van der Waals surface area contributed by atoms with Gasteiger partial charge in [-0.05, 0) is 74.9 Å². The Morgan fingerprint density at radius 1 is 0.923 bits per heavy atom. The number of ether oxygens (including phenoxy) is 1. The molecule has 2 rings (SSSR count). The lowest BCUT2D eigenvalue weighted by molar-refractivity contribution is 0.405. The molecule has 4 nitrogen and oxygen atoms in total. The number of thiol groups is 1. The molecule has 26 heavy (non-hydrogen) atoms. The molecule has 0 aliphatic heterocycles. The fraction of sp³-hybridized carbons (Fsp3) is 0.429. The van der Waals surface area contributed by atoms with Gasteiger partial charge in [0.15, 0.2) is 0 Å². The van der Waals surface area contributed by atoms with Crippen LogP contribution in [-0.2, 0) is 6.42 Å².